The van der Waals surface area contributed by atoms with E-state index in [1.165, 1.54) is 11.1 Å². The molecule has 0 fully saturated rings. The average Bonchev–Trinajstić information content (AvgIpc) is 2.44. The van der Waals surface area contributed by atoms with Crippen LogP contribution in [0.1, 0.15) is 11.1 Å². The zero-order valence-electron chi connectivity index (χ0n) is 11.6. The van der Waals surface area contributed by atoms with Gasteiger partial charge in [0, 0.05) is 24.3 Å². The predicted molar refractivity (Wildman–Crippen MR) is 90.3 cm³/mol. The first-order valence-corrected chi connectivity index (χ1v) is 7.16. The molecule has 2 rings (SSSR count). The quantitative estimate of drug-likeness (QED) is 0.842. The molecule has 0 saturated carbocycles. The van der Waals surface area contributed by atoms with E-state index in [4.69, 9.17) is 23.8 Å². The van der Waals surface area contributed by atoms with E-state index in [2.05, 4.69) is 36.5 Å². The normalized spacial score (nSPS) is 10.2. The number of thiocarbonyl (C=S) groups is 1. The summed E-state index contributed by atoms with van der Waals surface area (Å²) in [6.07, 6.45) is 0. The van der Waals surface area contributed by atoms with E-state index in [-0.39, 0.29) is 0 Å². The monoisotopic (exact) mass is 304 g/mol. The number of nitrogens with zero attached hydrogens (tertiary/aromatic N) is 1. The molecular weight excluding hydrogens is 288 g/mol. The van der Waals surface area contributed by atoms with E-state index in [0.29, 0.717) is 5.11 Å². The molecule has 0 unspecified atom stereocenters. The number of benzene rings is 2. The zero-order chi connectivity index (χ0) is 14.5. The molecule has 2 aromatic rings. The third-order valence-corrected chi connectivity index (χ3v) is 3.65. The van der Waals surface area contributed by atoms with Gasteiger partial charge in [0.15, 0.2) is 5.11 Å². The average molecular weight is 305 g/mol. The highest BCUT2D eigenvalue weighted by atomic mass is 35.5. The molecule has 104 valence electrons. The number of nitrogens with one attached hydrogen (secondary N) is 1. The van der Waals surface area contributed by atoms with E-state index in [0.717, 1.165) is 17.3 Å². The summed E-state index contributed by atoms with van der Waals surface area (Å²) in [5.74, 6) is 0. The van der Waals surface area contributed by atoms with Gasteiger partial charge in [0.2, 0.25) is 0 Å². The fourth-order valence-electron chi connectivity index (χ4n) is 1.79. The van der Waals surface area contributed by atoms with Crippen molar-refractivity contribution in [1.82, 2.24) is 4.90 Å². The van der Waals surface area contributed by atoms with Crippen molar-refractivity contribution in [2.75, 3.05) is 12.4 Å². The second-order valence-corrected chi connectivity index (χ2v) is 5.60. The van der Waals surface area contributed by atoms with E-state index in [1.54, 1.807) is 0 Å². The molecule has 0 aliphatic heterocycles. The van der Waals surface area contributed by atoms with Crippen LogP contribution in [-0.4, -0.2) is 17.1 Å². The minimum atomic E-state index is 0.688. The van der Waals surface area contributed by atoms with Crippen molar-refractivity contribution in [2.24, 2.45) is 0 Å². The van der Waals surface area contributed by atoms with Gasteiger partial charge in [-0.05, 0) is 49.0 Å². The lowest BCUT2D eigenvalue weighted by molar-refractivity contribution is 0.508. The van der Waals surface area contributed by atoms with Crippen LogP contribution >= 0.6 is 23.8 Å². The van der Waals surface area contributed by atoms with Crippen molar-refractivity contribution < 1.29 is 0 Å². The number of hydrogen-bond donors (Lipinski definition) is 1. The van der Waals surface area contributed by atoms with Crippen LogP contribution in [0.4, 0.5) is 5.69 Å². The summed E-state index contributed by atoms with van der Waals surface area (Å²) >= 11 is 11.3. The van der Waals surface area contributed by atoms with Gasteiger partial charge in [0.1, 0.15) is 0 Å². The summed E-state index contributed by atoms with van der Waals surface area (Å²) in [4.78, 5) is 2.01. The van der Waals surface area contributed by atoms with Gasteiger partial charge in [-0.2, -0.15) is 0 Å². The summed E-state index contributed by atoms with van der Waals surface area (Å²) in [5.41, 5.74) is 3.44. The van der Waals surface area contributed by atoms with Gasteiger partial charge in [-0.15, -0.1) is 0 Å². The van der Waals surface area contributed by atoms with Crippen molar-refractivity contribution in [2.45, 2.75) is 13.5 Å². The maximum atomic E-state index is 5.86. The van der Waals surface area contributed by atoms with Gasteiger partial charge in [-0.3, -0.25) is 0 Å². The minimum absolute atomic E-state index is 0.688. The van der Waals surface area contributed by atoms with Gasteiger partial charge in [0.05, 0.1) is 0 Å². The maximum Gasteiger partial charge on any atom is 0.173 e. The van der Waals surface area contributed by atoms with Gasteiger partial charge < -0.3 is 10.2 Å². The van der Waals surface area contributed by atoms with Gasteiger partial charge in [0.25, 0.3) is 0 Å². The summed E-state index contributed by atoms with van der Waals surface area (Å²) in [5, 5.41) is 4.60. The third-order valence-electron chi connectivity index (χ3n) is 2.98. The number of hydrogen-bond acceptors (Lipinski definition) is 1. The van der Waals surface area contributed by atoms with Gasteiger partial charge in [-0.25, -0.2) is 0 Å². The second-order valence-electron chi connectivity index (χ2n) is 4.78. The summed E-state index contributed by atoms with van der Waals surface area (Å²) < 4.78 is 0. The van der Waals surface area contributed by atoms with Crippen LogP contribution in [0.3, 0.4) is 0 Å². The van der Waals surface area contributed by atoms with Crippen LogP contribution in [0.2, 0.25) is 5.02 Å². The summed E-state index contributed by atoms with van der Waals surface area (Å²) in [7, 11) is 1.98. The molecule has 20 heavy (non-hydrogen) atoms. The Kier molecular flexibility index (Phi) is 4.99. The van der Waals surface area contributed by atoms with Crippen LogP contribution in [-0.2, 0) is 6.54 Å². The molecule has 0 aromatic heterocycles. The Balaban J connectivity index is 1.94. The SMILES string of the molecule is Cc1ccc(CN(C)C(=S)Nc2ccc(Cl)cc2)cc1. The largest absolute Gasteiger partial charge is 0.348 e. The van der Waals surface area contributed by atoms with Gasteiger partial charge in [-0.1, -0.05) is 41.4 Å². The number of aryl methyl sites for hydroxylation is 1. The van der Waals surface area contributed by atoms with Crippen LogP contribution in [0.15, 0.2) is 48.5 Å². The molecule has 0 spiro atoms. The molecule has 0 aliphatic rings. The number of anilines is 1. The molecule has 0 radical (unpaired) electrons. The smallest absolute Gasteiger partial charge is 0.173 e. The standard InChI is InChI=1S/C16H17ClN2S/c1-12-3-5-13(6-4-12)11-19(2)16(20)18-15-9-7-14(17)8-10-15/h3-10H,11H2,1-2H3,(H,18,20). The topological polar surface area (TPSA) is 15.3 Å². The minimum Gasteiger partial charge on any atom is -0.348 e. The molecule has 2 aromatic carbocycles. The lowest BCUT2D eigenvalue weighted by Crippen LogP contribution is -2.30. The third kappa shape index (κ3) is 4.22. The zero-order valence-corrected chi connectivity index (χ0v) is 13.1. The van der Waals surface area contributed by atoms with Crippen LogP contribution in [0.25, 0.3) is 0 Å². The second kappa shape index (κ2) is 6.73. The molecule has 0 aliphatic carbocycles. The molecule has 2 nitrogen and oxygen atoms in total. The Morgan fingerprint density at radius 3 is 2.30 bits per heavy atom. The lowest BCUT2D eigenvalue weighted by Gasteiger charge is -2.21. The van der Waals surface area contributed by atoms with Crippen LogP contribution in [0, 0.1) is 6.92 Å². The molecule has 0 bridgehead atoms. The van der Waals surface area contributed by atoms with Gasteiger partial charge >= 0.3 is 0 Å². The Morgan fingerprint density at radius 2 is 1.70 bits per heavy atom. The van der Waals surface area contributed by atoms with Crippen molar-refractivity contribution in [3.05, 3.63) is 64.7 Å². The summed E-state index contributed by atoms with van der Waals surface area (Å²) in [6, 6.07) is 16.0. The van der Waals surface area contributed by atoms with Crippen molar-refractivity contribution >= 4 is 34.6 Å². The first kappa shape index (κ1) is 14.8. The highest BCUT2D eigenvalue weighted by Crippen LogP contribution is 2.14. The molecule has 0 amide bonds. The van der Waals surface area contributed by atoms with E-state index >= 15 is 0 Å². The van der Waals surface area contributed by atoms with E-state index < -0.39 is 0 Å². The lowest BCUT2D eigenvalue weighted by atomic mass is 10.1. The predicted octanol–water partition coefficient (Wildman–Crippen LogP) is 4.48. The van der Waals surface area contributed by atoms with Crippen molar-refractivity contribution in [3.63, 3.8) is 0 Å². The molecule has 0 saturated heterocycles. The molecule has 4 heteroatoms. The first-order valence-electron chi connectivity index (χ1n) is 6.38. The highest BCUT2D eigenvalue weighted by molar-refractivity contribution is 7.80. The Morgan fingerprint density at radius 1 is 1.10 bits per heavy atom. The Labute approximate surface area is 130 Å². The fraction of sp³-hybridized carbons (Fsp3) is 0.188. The first-order chi connectivity index (χ1) is 9.54. The molecule has 0 heterocycles. The Hall–Kier alpha value is -1.58. The molecular formula is C16H17ClN2S. The van der Waals surface area contributed by atoms with Crippen LogP contribution < -0.4 is 5.32 Å². The summed E-state index contributed by atoms with van der Waals surface area (Å²) in [6.45, 7) is 2.86. The highest BCUT2D eigenvalue weighted by Gasteiger charge is 2.05. The molecule has 0 atom stereocenters. The maximum absolute atomic E-state index is 5.86. The van der Waals surface area contributed by atoms with E-state index in [9.17, 15) is 0 Å². The Bertz CT molecular complexity index is 578. The van der Waals surface area contributed by atoms with Crippen molar-refractivity contribution in [1.29, 1.82) is 0 Å². The van der Waals surface area contributed by atoms with E-state index in [1.807, 2.05) is 36.2 Å². The van der Waals surface area contributed by atoms with Crippen LogP contribution in [0.5, 0.6) is 0 Å². The number of rotatable bonds is 3. The van der Waals surface area contributed by atoms with Crippen molar-refractivity contribution in [3.8, 4) is 0 Å². The number of halogens is 1. The molecule has 1 N–H and O–H groups in total. The fourth-order valence-corrected chi connectivity index (χ4v) is 2.10.